The molecule has 2 nitrogen and oxygen atoms in total. The summed E-state index contributed by atoms with van der Waals surface area (Å²) in [4.78, 5) is 0. The van der Waals surface area contributed by atoms with Crippen LogP contribution >= 0.6 is 11.6 Å². The molecular weight excluding hydrogens is 303 g/mol. The van der Waals surface area contributed by atoms with Gasteiger partial charge in [0.2, 0.25) is 0 Å². The summed E-state index contributed by atoms with van der Waals surface area (Å²) in [5.41, 5.74) is 1.72. The normalized spacial score (nSPS) is 15.7. The van der Waals surface area contributed by atoms with Crippen LogP contribution in [0.5, 0.6) is 5.75 Å². The highest BCUT2D eigenvalue weighted by Gasteiger charge is 2.30. The average molecular weight is 322 g/mol. The maximum Gasteiger partial charge on any atom is 0.389 e. The Morgan fingerprint density at radius 2 is 2.14 bits per heavy atom. The first kappa shape index (κ1) is 16.4. The van der Waals surface area contributed by atoms with E-state index in [2.05, 4.69) is 5.32 Å². The predicted molar refractivity (Wildman–Crippen MR) is 77.0 cm³/mol. The maximum absolute atomic E-state index is 12.5. The number of ether oxygens (including phenoxy) is 1. The number of hydrogen-bond acceptors (Lipinski definition) is 2. The number of alkyl halides is 3. The fourth-order valence-corrected chi connectivity index (χ4v) is 2.80. The molecule has 0 aliphatic carbocycles. The molecule has 0 aromatic heterocycles. The van der Waals surface area contributed by atoms with Crippen molar-refractivity contribution in [2.75, 3.05) is 13.2 Å². The molecule has 1 N–H and O–H groups in total. The van der Waals surface area contributed by atoms with Gasteiger partial charge in [-0.15, -0.1) is 0 Å². The Labute approximate surface area is 127 Å². The molecular formula is C15H19ClF3NO. The smallest absolute Gasteiger partial charge is 0.389 e. The summed E-state index contributed by atoms with van der Waals surface area (Å²) in [7, 11) is 0. The summed E-state index contributed by atoms with van der Waals surface area (Å²) in [5.74, 6) is 0.704. The highest BCUT2D eigenvalue weighted by atomic mass is 35.5. The number of halogens is 4. The highest BCUT2D eigenvalue weighted by Crippen LogP contribution is 2.39. The lowest BCUT2D eigenvalue weighted by atomic mass is 9.98. The predicted octanol–water partition coefficient (Wildman–Crippen LogP) is 4.66. The lowest BCUT2D eigenvalue weighted by Gasteiger charge is -2.22. The van der Waals surface area contributed by atoms with Crippen molar-refractivity contribution in [3.63, 3.8) is 0 Å². The van der Waals surface area contributed by atoms with Gasteiger partial charge in [-0.25, -0.2) is 0 Å². The Morgan fingerprint density at radius 1 is 1.38 bits per heavy atom. The van der Waals surface area contributed by atoms with Crippen LogP contribution in [0.2, 0.25) is 5.02 Å². The molecule has 21 heavy (non-hydrogen) atoms. The molecule has 1 heterocycles. The molecule has 6 heteroatoms. The molecule has 0 fully saturated rings. The summed E-state index contributed by atoms with van der Waals surface area (Å²) in [6.07, 6.45) is -3.39. The zero-order valence-corrected chi connectivity index (χ0v) is 12.7. The first-order chi connectivity index (χ1) is 9.90. The second-order valence-electron chi connectivity index (χ2n) is 5.24. The molecule has 1 aliphatic rings. The highest BCUT2D eigenvalue weighted by molar-refractivity contribution is 6.30. The summed E-state index contributed by atoms with van der Waals surface area (Å²) >= 11 is 6.09. The standard InChI is InChI=1S/C15H19ClF3NO/c1-2-6-20-13(3-5-15(17,18)19)12-9-11(16)8-10-4-7-21-14(10)12/h8-9,13,20H,2-7H2,1H3. The van der Waals surface area contributed by atoms with Crippen LogP contribution < -0.4 is 10.1 Å². The van der Waals surface area contributed by atoms with E-state index in [9.17, 15) is 13.2 Å². The third kappa shape index (κ3) is 4.51. The van der Waals surface area contributed by atoms with Crippen molar-refractivity contribution in [1.29, 1.82) is 0 Å². The van der Waals surface area contributed by atoms with E-state index in [-0.39, 0.29) is 6.42 Å². The number of hydrogen-bond donors (Lipinski definition) is 1. The van der Waals surface area contributed by atoms with Crippen molar-refractivity contribution in [3.05, 3.63) is 28.3 Å². The van der Waals surface area contributed by atoms with E-state index >= 15 is 0 Å². The first-order valence-electron chi connectivity index (χ1n) is 7.16. The molecule has 0 saturated carbocycles. The Bertz CT molecular complexity index is 491. The maximum atomic E-state index is 12.5. The molecule has 0 amide bonds. The van der Waals surface area contributed by atoms with Crippen molar-refractivity contribution in [2.45, 2.75) is 44.8 Å². The lowest BCUT2D eigenvalue weighted by Crippen LogP contribution is -2.24. The van der Waals surface area contributed by atoms with E-state index in [1.165, 1.54) is 0 Å². The molecule has 0 radical (unpaired) electrons. The molecule has 0 spiro atoms. The van der Waals surface area contributed by atoms with Crippen LogP contribution in [0.25, 0.3) is 0 Å². The van der Waals surface area contributed by atoms with Crippen LogP contribution in [0.15, 0.2) is 12.1 Å². The lowest BCUT2D eigenvalue weighted by molar-refractivity contribution is -0.136. The Kier molecular flexibility index (Phi) is 5.38. The number of benzene rings is 1. The first-order valence-corrected chi connectivity index (χ1v) is 7.53. The van der Waals surface area contributed by atoms with E-state index in [1.54, 1.807) is 6.07 Å². The molecule has 1 atom stereocenters. The van der Waals surface area contributed by atoms with Gasteiger partial charge in [-0.3, -0.25) is 0 Å². The van der Waals surface area contributed by atoms with E-state index in [1.807, 2.05) is 13.0 Å². The van der Waals surface area contributed by atoms with Crippen LogP contribution in [0, 0.1) is 0 Å². The molecule has 118 valence electrons. The molecule has 0 saturated heterocycles. The Balaban J connectivity index is 2.23. The van der Waals surface area contributed by atoms with Crippen molar-refractivity contribution < 1.29 is 17.9 Å². The van der Waals surface area contributed by atoms with Crippen LogP contribution in [0.1, 0.15) is 43.4 Å². The summed E-state index contributed by atoms with van der Waals surface area (Å²) < 4.78 is 43.2. The van der Waals surface area contributed by atoms with Crippen LogP contribution in [-0.4, -0.2) is 19.3 Å². The zero-order chi connectivity index (χ0) is 15.5. The number of fused-ring (bicyclic) bond motifs is 1. The molecule has 1 aromatic rings. The molecule has 2 rings (SSSR count). The van der Waals surface area contributed by atoms with Gasteiger partial charge in [0, 0.05) is 29.5 Å². The van der Waals surface area contributed by atoms with Gasteiger partial charge < -0.3 is 10.1 Å². The third-order valence-electron chi connectivity index (χ3n) is 3.51. The SMILES string of the molecule is CCCNC(CCC(F)(F)F)c1cc(Cl)cc2c1OCC2. The quantitative estimate of drug-likeness (QED) is 0.823. The van der Waals surface area contributed by atoms with Gasteiger partial charge in [0.05, 0.1) is 6.61 Å². The van der Waals surface area contributed by atoms with Crippen molar-refractivity contribution in [3.8, 4) is 5.75 Å². The Hall–Kier alpha value is -0.940. The third-order valence-corrected chi connectivity index (χ3v) is 3.73. The largest absolute Gasteiger partial charge is 0.493 e. The fraction of sp³-hybridized carbons (Fsp3) is 0.600. The number of rotatable bonds is 6. The van der Waals surface area contributed by atoms with Crippen LogP contribution in [-0.2, 0) is 6.42 Å². The molecule has 1 aliphatic heterocycles. The minimum atomic E-state index is -4.16. The minimum absolute atomic E-state index is 0.0142. The topological polar surface area (TPSA) is 21.3 Å². The van der Waals surface area contributed by atoms with Gasteiger partial charge in [0.25, 0.3) is 0 Å². The van der Waals surface area contributed by atoms with Gasteiger partial charge in [-0.2, -0.15) is 13.2 Å². The molecule has 1 unspecified atom stereocenters. The number of nitrogens with one attached hydrogen (secondary N) is 1. The van der Waals surface area contributed by atoms with E-state index < -0.39 is 18.6 Å². The zero-order valence-electron chi connectivity index (χ0n) is 11.9. The van der Waals surface area contributed by atoms with Crippen LogP contribution in [0.3, 0.4) is 0 Å². The van der Waals surface area contributed by atoms with Gasteiger partial charge in [-0.05, 0) is 37.1 Å². The molecule has 1 aromatic carbocycles. The monoisotopic (exact) mass is 321 g/mol. The van der Waals surface area contributed by atoms with Gasteiger partial charge in [0.15, 0.2) is 0 Å². The van der Waals surface area contributed by atoms with Crippen molar-refractivity contribution in [1.82, 2.24) is 5.32 Å². The fourth-order valence-electron chi connectivity index (χ4n) is 2.55. The second-order valence-corrected chi connectivity index (χ2v) is 5.68. The molecule has 0 bridgehead atoms. The van der Waals surface area contributed by atoms with Crippen LogP contribution in [0.4, 0.5) is 13.2 Å². The van der Waals surface area contributed by atoms with Crippen molar-refractivity contribution in [2.24, 2.45) is 0 Å². The van der Waals surface area contributed by atoms with Gasteiger partial charge in [0.1, 0.15) is 5.75 Å². The second kappa shape index (κ2) is 6.88. The minimum Gasteiger partial charge on any atom is -0.493 e. The van der Waals surface area contributed by atoms with Gasteiger partial charge >= 0.3 is 6.18 Å². The van der Waals surface area contributed by atoms with E-state index in [4.69, 9.17) is 16.3 Å². The summed E-state index contributed by atoms with van der Waals surface area (Å²) in [6.45, 7) is 3.19. The summed E-state index contributed by atoms with van der Waals surface area (Å²) in [6, 6.07) is 3.15. The van der Waals surface area contributed by atoms with Gasteiger partial charge in [-0.1, -0.05) is 18.5 Å². The van der Waals surface area contributed by atoms with Crippen molar-refractivity contribution >= 4 is 11.6 Å². The summed E-state index contributed by atoms with van der Waals surface area (Å²) in [5, 5.41) is 3.72. The Morgan fingerprint density at radius 3 is 2.81 bits per heavy atom. The average Bonchev–Trinajstić information content (AvgIpc) is 2.85. The van der Waals surface area contributed by atoms with E-state index in [0.717, 1.165) is 24.0 Å². The van der Waals surface area contributed by atoms with E-state index in [0.29, 0.717) is 23.9 Å².